The Hall–Kier alpha value is -3.89. The van der Waals surface area contributed by atoms with E-state index in [1.807, 2.05) is 12.2 Å². The predicted molar refractivity (Wildman–Crippen MR) is 145 cm³/mol. The summed E-state index contributed by atoms with van der Waals surface area (Å²) in [4.78, 5) is 29.7. The largest absolute Gasteiger partial charge is 0.410 e. The van der Waals surface area contributed by atoms with Crippen molar-refractivity contribution in [3.8, 4) is 0 Å². The molecule has 44 heavy (non-hydrogen) atoms. The van der Waals surface area contributed by atoms with Crippen LogP contribution in [0.25, 0.3) is 5.65 Å². The number of urea groups is 1. The number of amides is 3. The molecular weight excluding hydrogens is 595 g/mol. The first kappa shape index (κ1) is 33.0. The standard InChI is InChI=1S/C18H17F3N8O3.C6H10F2.C3H8O/c19-18(20,21)12-8-28(17(31)25-12)6-9-3-13-24-11(7-29(13)23-4-9)5-22-16(30)15-14(10-1-2-10)26-32-27-15;7-6(8)4-2-1-3-5-6;1-3-4-2/h3-4,7,10,12H,1-2,5-6,8H2,(H,22,30)(H,25,31);1-5H2;3H2,1-2H3. The summed E-state index contributed by atoms with van der Waals surface area (Å²) in [6.45, 7) is 2.37. The van der Waals surface area contributed by atoms with E-state index in [0.29, 0.717) is 35.4 Å². The summed E-state index contributed by atoms with van der Waals surface area (Å²) in [5.74, 6) is -2.53. The number of ether oxygens (including phenoxy) is 1. The maximum absolute atomic E-state index is 12.8. The average molecular weight is 631 g/mol. The fourth-order valence-electron chi connectivity index (χ4n) is 4.57. The third kappa shape index (κ3) is 9.06. The van der Waals surface area contributed by atoms with E-state index in [9.17, 15) is 31.5 Å². The van der Waals surface area contributed by atoms with Crippen LogP contribution in [-0.4, -0.2) is 80.2 Å². The minimum atomic E-state index is -4.50. The third-order valence-electron chi connectivity index (χ3n) is 7.18. The molecule has 0 aromatic carbocycles. The van der Waals surface area contributed by atoms with E-state index in [4.69, 9.17) is 0 Å². The minimum Gasteiger partial charge on any atom is -0.385 e. The number of methoxy groups -OCH3 is 1. The van der Waals surface area contributed by atoms with Gasteiger partial charge in [0.05, 0.1) is 31.2 Å². The van der Waals surface area contributed by atoms with Crippen LogP contribution in [-0.2, 0) is 17.8 Å². The van der Waals surface area contributed by atoms with E-state index in [2.05, 4.69) is 35.1 Å². The van der Waals surface area contributed by atoms with Gasteiger partial charge in [0.15, 0.2) is 11.3 Å². The highest BCUT2D eigenvalue weighted by molar-refractivity contribution is 5.93. The number of aromatic nitrogens is 5. The summed E-state index contributed by atoms with van der Waals surface area (Å²) < 4.78 is 73.6. The molecule has 0 spiro atoms. The number of carbonyl (C=O) groups is 2. The summed E-state index contributed by atoms with van der Waals surface area (Å²) in [7, 11) is 1.68. The quantitative estimate of drug-likeness (QED) is 0.361. The Labute approximate surface area is 249 Å². The molecule has 2 aliphatic carbocycles. The lowest BCUT2D eigenvalue weighted by Gasteiger charge is -2.20. The zero-order valence-electron chi connectivity index (χ0n) is 24.4. The second kappa shape index (κ2) is 14.3. The molecule has 3 aliphatic rings. The average Bonchev–Trinajstić information content (AvgIpc) is 3.36. The molecule has 242 valence electrons. The molecule has 3 amide bonds. The van der Waals surface area contributed by atoms with Crippen molar-refractivity contribution < 1.29 is 40.9 Å². The number of imidazole rings is 1. The van der Waals surface area contributed by atoms with Gasteiger partial charge in [-0.3, -0.25) is 4.79 Å². The SMILES string of the molecule is CCOC.FC1(F)CCCCC1.O=C(NCc1cn2ncc(CN3CC(C(F)(F)F)NC3=O)cc2n1)c1nonc1C1CC1. The van der Waals surface area contributed by atoms with Crippen molar-refractivity contribution >= 4 is 17.6 Å². The number of halogens is 5. The molecule has 0 radical (unpaired) electrons. The van der Waals surface area contributed by atoms with Crippen molar-refractivity contribution in [3.05, 3.63) is 41.1 Å². The molecule has 1 saturated heterocycles. The summed E-state index contributed by atoms with van der Waals surface area (Å²) in [6.07, 6.45) is 3.13. The molecule has 12 nitrogen and oxygen atoms in total. The van der Waals surface area contributed by atoms with E-state index in [-0.39, 0.29) is 37.5 Å². The molecule has 3 fully saturated rings. The fourth-order valence-corrected chi connectivity index (χ4v) is 4.57. The fraction of sp³-hybridized carbons (Fsp3) is 0.630. The van der Waals surface area contributed by atoms with Gasteiger partial charge in [0, 0.05) is 39.0 Å². The van der Waals surface area contributed by atoms with E-state index < -0.39 is 36.6 Å². The molecule has 3 aromatic heterocycles. The monoisotopic (exact) mass is 630 g/mol. The van der Waals surface area contributed by atoms with Crippen LogP contribution >= 0.6 is 0 Å². The lowest BCUT2D eigenvalue weighted by molar-refractivity contribution is -0.149. The number of alkyl halides is 5. The highest BCUT2D eigenvalue weighted by Gasteiger charge is 2.46. The molecule has 1 atom stereocenters. The smallest absolute Gasteiger partial charge is 0.385 e. The highest BCUT2D eigenvalue weighted by Crippen LogP contribution is 2.40. The Balaban J connectivity index is 0.000000310. The van der Waals surface area contributed by atoms with Crippen molar-refractivity contribution in [2.45, 2.75) is 89.0 Å². The second-order valence-corrected chi connectivity index (χ2v) is 10.8. The minimum absolute atomic E-state index is 0.0378. The number of nitrogens with one attached hydrogen (secondary N) is 2. The molecule has 4 heterocycles. The van der Waals surface area contributed by atoms with Gasteiger partial charge in [-0.25, -0.2) is 27.7 Å². The van der Waals surface area contributed by atoms with Crippen LogP contribution in [0, 0.1) is 0 Å². The van der Waals surface area contributed by atoms with Gasteiger partial charge in [-0.1, -0.05) is 11.6 Å². The molecular formula is C27H35F5N8O4. The molecule has 6 rings (SSSR count). The zero-order chi connectivity index (χ0) is 31.9. The third-order valence-corrected chi connectivity index (χ3v) is 7.18. The highest BCUT2D eigenvalue weighted by atomic mass is 19.4. The normalized spacial score (nSPS) is 19.5. The summed E-state index contributed by atoms with van der Waals surface area (Å²) in [6, 6.07) is -1.06. The molecule has 3 aromatic rings. The molecule has 1 unspecified atom stereocenters. The first-order valence-electron chi connectivity index (χ1n) is 14.3. The first-order chi connectivity index (χ1) is 20.9. The Morgan fingerprint density at radius 1 is 1.20 bits per heavy atom. The number of hydrogen-bond acceptors (Lipinski definition) is 8. The Bertz CT molecular complexity index is 1400. The molecule has 1 aliphatic heterocycles. The summed E-state index contributed by atoms with van der Waals surface area (Å²) >= 11 is 0. The number of rotatable bonds is 7. The predicted octanol–water partition coefficient (Wildman–Crippen LogP) is 4.61. The topological polar surface area (TPSA) is 140 Å². The second-order valence-electron chi connectivity index (χ2n) is 10.8. The Morgan fingerprint density at radius 3 is 2.48 bits per heavy atom. The van der Waals surface area contributed by atoms with Crippen LogP contribution < -0.4 is 10.6 Å². The number of nitrogens with zero attached hydrogens (tertiary/aromatic N) is 6. The maximum Gasteiger partial charge on any atom is 0.410 e. The van der Waals surface area contributed by atoms with Crippen molar-refractivity contribution in [1.82, 2.24) is 40.4 Å². The van der Waals surface area contributed by atoms with E-state index in [0.717, 1.165) is 30.8 Å². The lowest BCUT2D eigenvalue weighted by atomic mass is 9.97. The lowest BCUT2D eigenvalue weighted by Crippen LogP contribution is -2.40. The molecule has 2 N–H and O–H groups in total. The van der Waals surface area contributed by atoms with Gasteiger partial charge in [-0.05, 0) is 49.4 Å². The maximum atomic E-state index is 12.8. The van der Waals surface area contributed by atoms with Crippen LogP contribution in [0.2, 0.25) is 0 Å². The van der Waals surface area contributed by atoms with Gasteiger partial charge in [0.2, 0.25) is 5.92 Å². The van der Waals surface area contributed by atoms with Gasteiger partial charge >= 0.3 is 12.2 Å². The van der Waals surface area contributed by atoms with E-state index >= 15 is 0 Å². The van der Waals surface area contributed by atoms with Crippen molar-refractivity contribution in [3.63, 3.8) is 0 Å². The van der Waals surface area contributed by atoms with Crippen molar-refractivity contribution in [1.29, 1.82) is 0 Å². The molecule has 17 heteroatoms. The number of fused-ring (bicyclic) bond motifs is 1. The van der Waals surface area contributed by atoms with Crippen LogP contribution in [0.3, 0.4) is 0 Å². The summed E-state index contributed by atoms with van der Waals surface area (Å²) in [5.41, 5.74) is 2.20. The van der Waals surface area contributed by atoms with Crippen LogP contribution in [0.15, 0.2) is 23.1 Å². The van der Waals surface area contributed by atoms with Gasteiger partial charge in [0.1, 0.15) is 11.7 Å². The number of hydrogen-bond donors (Lipinski definition) is 2. The Kier molecular flexibility index (Phi) is 10.7. The first-order valence-corrected chi connectivity index (χ1v) is 14.3. The van der Waals surface area contributed by atoms with Crippen LogP contribution in [0.5, 0.6) is 0 Å². The van der Waals surface area contributed by atoms with Crippen molar-refractivity contribution in [2.75, 3.05) is 20.3 Å². The van der Waals surface area contributed by atoms with Gasteiger partial charge in [-0.2, -0.15) is 18.3 Å². The Morgan fingerprint density at radius 2 is 1.91 bits per heavy atom. The van der Waals surface area contributed by atoms with E-state index in [1.165, 1.54) is 10.7 Å². The summed E-state index contributed by atoms with van der Waals surface area (Å²) in [5, 5.41) is 16.3. The number of carbonyl (C=O) groups excluding carboxylic acids is 2. The molecule has 2 saturated carbocycles. The van der Waals surface area contributed by atoms with Gasteiger partial charge in [-0.15, -0.1) is 0 Å². The van der Waals surface area contributed by atoms with Gasteiger partial charge in [0.25, 0.3) is 5.91 Å². The zero-order valence-corrected chi connectivity index (χ0v) is 24.4. The van der Waals surface area contributed by atoms with Gasteiger partial charge < -0.3 is 20.3 Å². The van der Waals surface area contributed by atoms with Crippen LogP contribution in [0.1, 0.15) is 85.2 Å². The van der Waals surface area contributed by atoms with E-state index in [1.54, 1.807) is 19.4 Å². The van der Waals surface area contributed by atoms with Crippen LogP contribution in [0.4, 0.5) is 26.7 Å². The molecule has 0 bridgehead atoms. The van der Waals surface area contributed by atoms with Crippen molar-refractivity contribution in [2.24, 2.45) is 0 Å².